The Morgan fingerprint density at radius 2 is 2.00 bits per heavy atom. The average molecular weight is 331 g/mol. The van der Waals surface area contributed by atoms with Crippen LogP contribution in [-0.2, 0) is 9.84 Å². The summed E-state index contributed by atoms with van der Waals surface area (Å²) in [6, 6.07) is 4.79. The maximum Gasteiger partial charge on any atom is 0.179 e. The third-order valence-electron chi connectivity index (χ3n) is 3.62. The van der Waals surface area contributed by atoms with E-state index in [1.807, 2.05) is 0 Å². The molecule has 0 spiro atoms. The number of ketones is 1. The van der Waals surface area contributed by atoms with E-state index < -0.39 is 27.1 Å². The molecule has 21 heavy (non-hydrogen) atoms. The van der Waals surface area contributed by atoms with Gasteiger partial charge in [-0.15, -0.1) is 0 Å². The van der Waals surface area contributed by atoms with Crippen molar-refractivity contribution in [1.29, 1.82) is 0 Å². The summed E-state index contributed by atoms with van der Waals surface area (Å²) in [7, 11) is -3.25. The maximum absolute atomic E-state index is 12.9. The fraction of sp³-hybridized carbons (Fsp3) is 0.500. The average Bonchev–Trinajstić information content (AvgIpc) is 2.45. The molecule has 0 bridgehead atoms. The van der Waals surface area contributed by atoms with Crippen LogP contribution in [0.2, 0.25) is 0 Å². The lowest BCUT2D eigenvalue weighted by Crippen LogP contribution is -2.53. The van der Waals surface area contributed by atoms with Crippen LogP contribution in [-0.4, -0.2) is 54.8 Å². The van der Waals surface area contributed by atoms with Gasteiger partial charge in [0.15, 0.2) is 15.6 Å². The third kappa shape index (κ3) is 3.84. The molecule has 2 atom stereocenters. The Morgan fingerprint density at radius 1 is 1.38 bits per heavy atom. The van der Waals surface area contributed by atoms with Gasteiger partial charge in [-0.2, -0.15) is 11.8 Å². The molecule has 1 saturated heterocycles. The molecule has 0 N–H and O–H groups in total. The predicted octanol–water partition coefficient (Wildman–Crippen LogP) is 1.82. The number of carbonyl (C=O) groups excluding carboxylic acids is 1. The fourth-order valence-corrected chi connectivity index (χ4v) is 5.37. The normalized spacial score (nSPS) is 22.0. The van der Waals surface area contributed by atoms with Crippen molar-refractivity contribution in [3.63, 3.8) is 0 Å². The molecule has 1 aromatic rings. The lowest BCUT2D eigenvalue weighted by Gasteiger charge is -2.37. The van der Waals surface area contributed by atoms with Gasteiger partial charge in [-0.05, 0) is 31.2 Å². The minimum atomic E-state index is -3.25. The number of hydrogen-bond acceptors (Lipinski definition) is 5. The quantitative estimate of drug-likeness (QED) is 0.788. The summed E-state index contributed by atoms with van der Waals surface area (Å²) >= 11 is 1.58. The Balaban J connectivity index is 2.22. The second-order valence-electron chi connectivity index (χ2n) is 5.14. The number of carbonyl (C=O) groups is 1. The van der Waals surface area contributed by atoms with Crippen molar-refractivity contribution in [3.05, 3.63) is 35.6 Å². The highest BCUT2D eigenvalue weighted by Gasteiger charge is 2.36. The van der Waals surface area contributed by atoms with Crippen LogP contribution in [0.1, 0.15) is 17.3 Å². The molecule has 116 valence electrons. The number of rotatable bonds is 4. The van der Waals surface area contributed by atoms with E-state index in [-0.39, 0.29) is 5.78 Å². The summed E-state index contributed by atoms with van der Waals surface area (Å²) in [5.74, 6) is 0.686. The Bertz CT molecular complexity index is 616. The molecule has 0 amide bonds. The van der Waals surface area contributed by atoms with Crippen LogP contribution < -0.4 is 0 Å². The van der Waals surface area contributed by atoms with Crippen LogP contribution in [0.3, 0.4) is 0 Å². The van der Waals surface area contributed by atoms with E-state index in [1.54, 1.807) is 23.6 Å². The third-order valence-corrected chi connectivity index (χ3v) is 6.28. The Morgan fingerprint density at radius 3 is 2.57 bits per heavy atom. The number of sulfone groups is 1. The SMILES string of the molecule is CC(C(=O)c1ccc(F)cc1)N1CCSCC1S(C)(=O)=O. The molecule has 1 aliphatic rings. The standard InChI is InChI=1S/C14H18FNO3S2/c1-10(14(17)11-3-5-12(15)6-4-11)16-7-8-20-9-13(16)21(2,18)19/h3-6,10,13H,7-9H2,1-2H3. The van der Waals surface area contributed by atoms with Crippen molar-refractivity contribution >= 4 is 27.4 Å². The number of benzene rings is 1. The molecule has 0 saturated carbocycles. The van der Waals surface area contributed by atoms with Gasteiger partial charge in [0.2, 0.25) is 0 Å². The van der Waals surface area contributed by atoms with Crippen molar-refractivity contribution in [1.82, 2.24) is 4.90 Å². The second kappa shape index (κ2) is 6.46. The molecule has 1 fully saturated rings. The zero-order valence-electron chi connectivity index (χ0n) is 12.0. The molecular weight excluding hydrogens is 313 g/mol. The monoisotopic (exact) mass is 331 g/mol. The van der Waals surface area contributed by atoms with Crippen LogP contribution >= 0.6 is 11.8 Å². The first-order chi connectivity index (χ1) is 9.80. The molecule has 0 radical (unpaired) electrons. The highest BCUT2D eigenvalue weighted by Crippen LogP contribution is 2.24. The minimum absolute atomic E-state index is 0.185. The largest absolute Gasteiger partial charge is 0.292 e. The van der Waals surface area contributed by atoms with Crippen LogP contribution in [0.5, 0.6) is 0 Å². The highest BCUT2D eigenvalue weighted by molar-refractivity contribution is 8.00. The van der Waals surface area contributed by atoms with Crippen LogP contribution in [0.15, 0.2) is 24.3 Å². The van der Waals surface area contributed by atoms with E-state index in [9.17, 15) is 17.6 Å². The zero-order valence-corrected chi connectivity index (χ0v) is 13.6. The summed E-state index contributed by atoms with van der Waals surface area (Å²) in [5.41, 5.74) is 0.398. The Kier molecular flexibility index (Phi) is 5.06. The number of thioether (sulfide) groups is 1. The minimum Gasteiger partial charge on any atom is -0.292 e. The van der Waals surface area contributed by atoms with Gasteiger partial charge in [0.1, 0.15) is 11.2 Å². The maximum atomic E-state index is 12.9. The summed E-state index contributed by atoms with van der Waals surface area (Å²) in [6.07, 6.45) is 1.20. The van der Waals surface area contributed by atoms with Crippen LogP contribution in [0.25, 0.3) is 0 Å². The van der Waals surface area contributed by atoms with Gasteiger partial charge < -0.3 is 0 Å². The van der Waals surface area contributed by atoms with Gasteiger partial charge in [-0.25, -0.2) is 12.8 Å². The summed E-state index contributed by atoms with van der Waals surface area (Å²) in [5, 5.41) is -0.643. The first-order valence-corrected chi connectivity index (χ1v) is 9.74. The Labute approximate surface area is 128 Å². The van der Waals surface area contributed by atoms with Crippen LogP contribution in [0.4, 0.5) is 4.39 Å². The lowest BCUT2D eigenvalue weighted by molar-refractivity contribution is 0.0833. The first-order valence-electron chi connectivity index (χ1n) is 6.63. The molecule has 2 rings (SSSR count). The van der Waals surface area contributed by atoms with E-state index in [2.05, 4.69) is 0 Å². The molecule has 0 aromatic heterocycles. The smallest absolute Gasteiger partial charge is 0.179 e. The lowest BCUT2D eigenvalue weighted by atomic mass is 10.0. The number of halogens is 1. The van der Waals surface area contributed by atoms with Gasteiger partial charge in [0.05, 0.1) is 6.04 Å². The van der Waals surface area contributed by atoms with Gasteiger partial charge >= 0.3 is 0 Å². The molecule has 0 aliphatic carbocycles. The molecule has 7 heteroatoms. The van der Waals surface area contributed by atoms with Crippen molar-refractivity contribution in [2.75, 3.05) is 24.3 Å². The van der Waals surface area contributed by atoms with Crippen molar-refractivity contribution in [3.8, 4) is 0 Å². The van der Waals surface area contributed by atoms with Gasteiger partial charge in [-0.3, -0.25) is 9.69 Å². The fourth-order valence-electron chi connectivity index (χ4n) is 2.41. The summed E-state index contributed by atoms with van der Waals surface area (Å²) in [4.78, 5) is 14.2. The van der Waals surface area contributed by atoms with E-state index in [0.29, 0.717) is 17.9 Å². The van der Waals surface area contributed by atoms with Crippen molar-refractivity contribution < 1.29 is 17.6 Å². The summed E-state index contributed by atoms with van der Waals surface area (Å²) < 4.78 is 36.7. The first kappa shape index (κ1) is 16.5. The van der Waals surface area contributed by atoms with Gasteiger partial charge in [0, 0.05) is 29.9 Å². The highest BCUT2D eigenvalue weighted by atomic mass is 32.2. The van der Waals surface area contributed by atoms with Gasteiger partial charge in [0.25, 0.3) is 0 Å². The van der Waals surface area contributed by atoms with Crippen molar-refractivity contribution in [2.24, 2.45) is 0 Å². The Hall–Kier alpha value is -0.920. The molecule has 4 nitrogen and oxygen atoms in total. The molecule has 2 unspecified atom stereocenters. The van der Waals surface area contributed by atoms with Gasteiger partial charge in [-0.1, -0.05) is 0 Å². The summed E-state index contributed by atoms with van der Waals surface area (Å²) in [6.45, 7) is 2.26. The van der Waals surface area contributed by atoms with E-state index >= 15 is 0 Å². The zero-order chi connectivity index (χ0) is 15.6. The molecule has 1 aliphatic heterocycles. The second-order valence-corrected chi connectivity index (χ2v) is 8.50. The number of Topliss-reactive ketones (excluding diaryl/α,β-unsaturated/α-hetero) is 1. The van der Waals surface area contributed by atoms with E-state index in [4.69, 9.17) is 0 Å². The molecule has 1 aromatic carbocycles. The van der Waals surface area contributed by atoms with E-state index in [0.717, 1.165) is 5.75 Å². The van der Waals surface area contributed by atoms with Crippen molar-refractivity contribution in [2.45, 2.75) is 18.3 Å². The molecular formula is C14H18FNO3S2. The molecule has 1 heterocycles. The number of hydrogen-bond donors (Lipinski definition) is 0. The van der Waals surface area contributed by atoms with Crippen LogP contribution in [0, 0.1) is 5.82 Å². The van der Waals surface area contributed by atoms with E-state index in [1.165, 1.54) is 30.5 Å². The number of nitrogens with zero attached hydrogens (tertiary/aromatic N) is 1. The topological polar surface area (TPSA) is 54.5 Å². The predicted molar refractivity (Wildman–Crippen MR) is 82.9 cm³/mol.